The normalized spacial score (nSPS) is 17.3. The van der Waals surface area contributed by atoms with Crippen LogP contribution in [0.1, 0.15) is 43.2 Å². The fourth-order valence-electron chi connectivity index (χ4n) is 4.08. The van der Waals surface area contributed by atoms with E-state index in [0.29, 0.717) is 17.5 Å². The van der Waals surface area contributed by atoms with Gasteiger partial charge >= 0.3 is 0 Å². The monoisotopic (exact) mass is 446 g/mol. The van der Waals surface area contributed by atoms with Crippen molar-refractivity contribution < 1.29 is 9.53 Å². The zero-order valence-corrected chi connectivity index (χ0v) is 18.9. The number of fused-ring (bicyclic) bond motifs is 1. The van der Waals surface area contributed by atoms with Crippen molar-refractivity contribution in [2.45, 2.75) is 45.1 Å². The van der Waals surface area contributed by atoms with Crippen molar-refractivity contribution >= 4 is 29.1 Å². The Balaban J connectivity index is 1.56. The summed E-state index contributed by atoms with van der Waals surface area (Å²) in [7, 11) is 0. The molecule has 0 atom stereocenters. The molecule has 7 heteroatoms. The fraction of sp³-hybridized carbons (Fsp3) is 0.320. The third-order valence-corrected chi connectivity index (χ3v) is 6.69. The van der Waals surface area contributed by atoms with E-state index in [4.69, 9.17) is 14.8 Å². The average molecular weight is 447 g/mol. The molecule has 32 heavy (non-hydrogen) atoms. The Hall–Kier alpha value is -3.19. The quantitative estimate of drug-likeness (QED) is 0.575. The van der Waals surface area contributed by atoms with Gasteiger partial charge in [0.2, 0.25) is 4.80 Å². The Morgan fingerprint density at radius 3 is 2.75 bits per heavy atom. The molecule has 1 aliphatic carbocycles. The van der Waals surface area contributed by atoms with E-state index in [-0.39, 0.29) is 12.5 Å². The molecule has 164 valence electrons. The zero-order chi connectivity index (χ0) is 21.9. The smallest absolute Gasteiger partial charge is 0.262 e. The number of hydrogen-bond acceptors (Lipinski definition) is 5. The lowest BCUT2D eigenvalue weighted by Crippen LogP contribution is -2.25. The fourth-order valence-corrected chi connectivity index (χ4v) is 4.99. The number of ether oxygens (including phenoxy) is 1. The maximum atomic E-state index is 11.8. The molecule has 0 bridgehead atoms. The van der Waals surface area contributed by atoms with Gasteiger partial charge in [-0.15, -0.1) is 11.3 Å². The van der Waals surface area contributed by atoms with Crippen molar-refractivity contribution in [1.29, 1.82) is 0 Å². The minimum Gasteiger partial charge on any atom is -0.482 e. The molecule has 1 amide bonds. The molecule has 0 saturated heterocycles. The Kier molecular flexibility index (Phi) is 5.90. The average Bonchev–Trinajstić information content (AvgIpc) is 3.21. The van der Waals surface area contributed by atoms with Crippen molar-refractivity contribution in [2.24, 2.45) is 10.1 Å². The molecule has 6 nitrogen and oxygen atoms in total. The minimum atomic E-state index is -0.141. The molecule has 1 aliphatic heterocycles. The molecule has 1 N–H and O–H groups in total. The highest BCUT2D eigenvalue weighted by atomic mass is 32.1. The van der Waals surface area contributed by atoms with E-state index in [2.05, 4.69) is 41.9 Å². The highest BCUT2D eigenvalue weighted by Gasteiger charge is 2.18. The number of carbonyl (C=O) groups excluding carboxylic acids is 1. The van der Waals surface area contributed by atoms with Gasteiger partial charge in [-0.2, -0.15) is 5.10 Å². The molecule has 0 radical (unpaired) electrons. The molecule has 1 saturated carbocycles. The van der Waals surface area contributed by atoms with E-state index < -0.39 is 0 Å². The van der Waals surface area contributed by atoms with Gasteiger partial charge in [0.15, 0.2) is 6.61 Å². The molecule has 3 aromatic rings. The summed E-state index contributed by atoms with van der Waals surface area (Å²) in [6, 6.07) is 14.5. The Bertz CT molecular complexity index is 1220. The number of thiazole rings is 1. The standard InChI is InChI=1S/C25H26N4O2S/c1-17-7-9-18(10-8-17)14-26-29-22(16-32-25(29)27-20-5-3-2-4-6-20)19-11-12-23-21(13-19)28-24(30)15-31-23/h7-14,16,20H,2-6,15H2,1H3,(H,28,30). The van der Waals surface area contributed by atoms with Crippen LogP contribution < -0.4 is 14.9 Å². The first-order chi connectivity index (χ1) is 15.7. The molecule has 2 heterocycles. The summed E-state index contributed by atoms with van der Waals surface area (Å²) >= 11 is 1.60. The number of aromatic nitrogens is 1. The van der Waals surface area contributed by atoms with E-state index in [1.807, 2.05) is 29.1 Å². The predicted octanol–water partition coefficient (Wildman–Crippen LogP) is 4.97. The molecule has 1 fully saturated rings. The first-order valence-corrected chi connectivity index (χ1v) is 12.0. The molecule has 1 aromatic heterocycles. The number of aryl methyl sites for hydroxylation is 1. The molecule has 0 unspecified atom stereocenters. The summed E-state index contributed by atoms with van der Waals surface area (Å²) in [5, 5.41) is 9.80. The molecule has 0 spiro atoms. The molecular weight excluding hydrogens is 420 g/mol. The molecule has 2 aromatic carbocycles. The van der Waals surface area contributed by atoms with Crippen LogP contribution in [0.2, 0.25) is 0 Å². The highest BCUT2D eigenvalue weighted by Crippen LogP contribution is 2.33. The Morgan fingerprint density at radius 1 is 1.12 bits per heavy atom. The van der Waals surface area contributed by atoms with Crippen molar-refractivity contribution in [3.8, 4) is 17.0 Å². The number of anilines is 1. The maximum absolute atomic E-state index is 11.8. The highest BCUT2D eigenvalue weighted by molar-refractivity contribution is 7.07. The van der Waals surface area contributed by atoms with Crippen molar-refractivity contribution in [3.63, 3.8) is 0 Å². The summed E-state index contributed by atoms with van der Waals surface area (Å²) in [5.41, 5.74) is 4.84. The first-order valence-electron chi connectivity index (χ1n) is 11.1. The van der Waals surface area contributed by atoms with Crippen molar-refractivity contribution in [1.82, 2.24) is 4.68 Å². The number of nitrogens with one attached hydrogen (secondary N) is 1. The second kappa shape index (κ2) is 9.12. The van der Waals surface area contributed by atoms with Gasteiger partial charge in [-0.25, -0.2) is 4.68 Å². The number of benzene rings is 2. The Labute approximate surface area is 191 Å². The van der Waals surface area contributed by atoms with Crippen LogP contribution in [0.4, 0.5) is 5.69 Å². The number of rotatable bonds is 4. The van der Waals surface area contributed by atoms with E-state index in [1.54, 1.807) is 11.3 Å². The van der Waals surface area contributed by atoms with Gasteiger partial charge in [-0.05, 0) is 43.5 Å². The van der Waals surface area contributed by atoms with Gasteiger partial charge in [0, 0.05) is 10.9 Å². The van der Waals surface area contributed by atoms with E-state index in [0.717, 1.165) is 34.5 Å². The van der Waals surface area contributed by atoms with Crippen molar-refractivity contribution in [2.75, 3.05) is 11.9 Å². The van der Waals surface area contributed by atoms with Crippen LogP contribution in [0.3, 0.4) is 0 Å². The van der Waals surface area contributed by atoms with Crippen LogP contribution in [-0.4, -0.2) is 29.4 Å². The van der Waals surface area contributed by atoms with Gasteiger partial charge < -0.3 is 10.1 Å². The van der Waals surface area contributed by atoms with Crippen molar-refractivity contribution in [3.05, 3.63) is 63.8 Å². The maximum Gasteiger partial charge on any atom is 0.262 e. The van der Waals surface area contributed by atoms with Gasteiger partial charge in [-0.3, -0.25) is 9.79 Å². The zero-order valence-electron chi connectivity index (χ0n) is 18.1. The summed E-state index contributed by atoms with van der Waals surface area (Å²) in [5.74, 6) is 0.545. The Morgan fingerprint density at radius 2 is 1.94 bits per heavy atom. The summed E-state index contributed by atoms with van der Waals surface area (Å²) in [4.78, 5) is 17.7. The molecule has 2 aliphatic rings. The lowest BCUT2D eigenvalue weighted by atomic mass is 9.96. The van der Waals surface area contributed by atoms with Crippen LogP contribution in [0.15, 0.2) is 57.9 Å². The van der Waals surface area contributed by atoms with Gasteiger partial charge in [0.05, 0.1) is 23.6 Å². The second-order valence-electron chi connectivity index (χ2n) is 8.34. The summed E-state index contributed by atoms with van der Waals surface area (Å²) < 4.78 is 7.44. The second-order valence-corrected chi connectivity index (χ2v) is 9.18. The van der Waals surface area contributed by atoms with Crippen LogP contribution in [-0.2, 0) is 4.79 Å². The summed E-state index contributed by atoms with van der Waals surface area (Å²) in [6.07, 6.45) is 7.93. The largest absolute Gasteiger partial charge is 0.482 e. The number of hydrogen-bond donors (Lipinski definition) is 1. The SMILES string of the molecule is Cc1ccc(C=Nn2c(-c3ccc4c(c3)NC(=O)CO4)csc2=NC2CCCCC2)cc1. The lowest BCUT2D eigenvalue weighted by molar-refractivity contribution is -0.118. The minimum absolute atomic E-state index is 0.0516. The van der Waals surface area contributed by atoms with Crippen LogP contribution in [0.25, 0.3) is 11.3 Å². The van der Waals surface area contributed by atoms with Crippen LogP contribution in [0, 0.1) is 6.92 Å². The number of amides is 1. The number of carbonyl (C=O) groups is 1. The van der Waals surface area contributed by atoms with E-state index in [9.17, 15) is 4.79 Å². The lowest BCUT2D eigenvalue weighted by Gasteiger charge is -2.18. The van der Waals surface area contributed by atoms with E-state index >= 15 is 0 Å². The van der Waals surface area contributed by atoms with Crippen LogP contribution in [0.5, 0.6) is 5.75 Å². The third kappa shape index (κ3) is 4.53. The first kappa shape index (κ1) is 20.7. The van der Waals surface area contributed by atoms with E-state index in [1.165, 1.54) is 24.8 Å². The summed E-state index contributed by atoms with van der Waals surface area (Å²) in [6.45, 7) is 2.13. The topological polar surface area (TPSA) is 68.0 Å². The predicted molar refractivity (Wildman–Crippen MR) is 128 cm³/mol. The van der Waals surface area contributed by atoms with Gasteiger partial charge in [0.25, 0.3) is 5.91 Å². The third-order valence-electron chi connectivity index (χ3n) is 5.86. The van der Waals surface area contributed by atoms with Gasteiger partial charge in [0.1, 0.15) is 5.75 Å². The molecule has 5 rings (SSSR count). The molecular formula is C25H26N4O2S. The number of nitrogens with zero attached hydrogens (tertiary/aromatic N) is 3. The van der Waals surface area contributed by atoms with Gasteiger partial charge in [-0.1, -0.05) is 49.1 Å². The van der Waals surface area contributed by atoms with Crippen LogP contribution >= 0.6 is 11.3 Å².